The third-order valence-corrected chi connectivity index (χ3v) is 4.66. The van der Waals surface area contributed by atoms with E-state index in [4.69, 9.17) is 11.6 Å². The zero-order chi connectivity index (χ0) is 16.6. The van der Waals surface area contributed by atoms with Gasteiger partial charge in [-0.05, 0) is 36.6 Å². The number of rotatable bonds is 3. The fourth-order valence-electron chi connectivity index (χ4n) is 2.39. The Morgan fingerprint density at radius 3 is 2.87 bits per heavy atom. The molecule has 3 aromatic rings. The van der Waals surface area contributed by atoms with E-state index in [1.54, 1.807) is 38.2 Å². The lowest BCUT2D eigenvalue weighted by molar-refractivity contribution is 0.0941. The van der Waals surface area contributed by atoms with Crippen molar-refractivity contribution in [1.82, 2.24) is 14.9 Å². The highest BCUT2D eigenvalue weighted by molar-refractivity contribution is 7.12. The number of carbonyl (C=O) groups excluding carboxylic acids is 1. The molecule has 0 radical (unpaired) electrons. The normalized spacial score (nSPS) is 12.3. The summed E-state index contributed by atoms with van der Waals surface area (Å²) in [5, 5.41) is 5.71. The van der Waals surface area contributed by atoms with Gasteiger partial charge in [0.05, 0.1) is 21.8 Å². The number of fused-ring (bicyclic) bond motifs is 1. The fourth-order valence-corrected chi connectivity index (χ4v) is 3.18. The lowest BCUT2D eigenvalue weighted by Gasteiger charge is -2.17. The predicted octanol–water partition coefficient (Wildman–Crippen LogP) is 3.14. The molecule has 0 aliphatic heterocycles. The van der Waals surface area contributed by atoms with Gasteiger partial charge in [0.25, 0.3) is 11.5 Å². The predicted molar refractivity (Wildman–Crippen MR) is 92.2 cm³/mol. The van der Waals surface area contributed by atoms with Crippen LogP contribution >= 0.6 is 22.9 Å². The second-order valence-corrected chi connectivity index (χ2v) is 6.55. The van der Waals surface area contributed by atoms with Crippen molar-refractivity contribution in [1.29, 1.82) is 0 Å². The number of thiophene rings is 1. The smallest absolute Gasteiger partial charge is 0.261 e. The molecule has 0 spiro atoms. The SMILES string of the molecule is C[C@H](NC(=O)c1cccs1)c1nc2cc(Cl)ccc2c(=O)n1C. The van der Waals surface area contributed by atoms with E-state index in [9.17, 15) is 9.59 Å². The molecule has 1 aromatic carbocycles. The Hall–Kier alpha value is -2.18. The molecule has 0 aliphatic rings. The van der Waals surface area contributed by atoms with Gasteiger partial charge in [-0.2, -0.15) is 0 Å². The highest BCUT2D eigenvalue weighted by Gasteiger charge is 2.17. The van der Waals surface area contributed by atoms with Gasteiger partial charge in [0.2, 0.25) is 0 Å². The molecule has 0 fully saturated rings. The lowest BCUT2D eigenvalue weighted by Crippen LogP contribution is -2.32. The van der Waals surface area contributed by atoms with Gasteiger partial charge < -0.3 is 5.32 Å². The number of nitrogens with one attached hydrogen (secondary N) is 1. The summed E-state index contributed by atoms with van der Waals surface area (Å²) in [5.41, 5.74) is 0.353. The van der Waals surface area contributed by atoms with Gasteiger partial charge in [-0.15, -0.1) is 11.3 Å². The zero-order valence-corrected chi connectivity index (χ0v) is 14.1. The monoisotopic (exact) mass is 347 g/mol. The average molecular weight is 348 g/mol. The van der Waals surface area contributed by atoms with E-state index < -0.39 is 6.04 Å². The van der Waals surface area contributed by atoms with Crippen LogP contribution in [0.5, 0.6) is 0 Å². The summed E-state index contributed by atoms with van der Waals surface area (Å²) < 4.78 is 1.45. The summed E-state index contributed by atoms with van der Waals surface area (Å²) in [6, 6.07) is 8.12. The van der Waals surface area contributed by atoms with Crippen molar-refractivity contribution < 1.29 is 4.79 Å². The van der Waals surface area contributed by atoms with E-state index in [1.165, 1.54) is 15.9 Å². The Labute approximate surface area is 141 Å². The Bertz CT molecular complexity index is 934. The second kappa shape index (κ2) is 6.14. The third-order valence-electron chi connectivity index (χ3n) is 3.55. The minimum Gasteiger partial charge on any atom is -0.342 e. The largest absolute Gasteiger partial charge is 0.342 e. The van der Waals surface area contributed by atoms with Gasteiger partial charge in [-0.25, -0.2) is 4.98 Å². The number of hydrogen-bond acceptors (Lipinski definition) is 4. The van der Waals surface area contributed by atoms with Crippen molar-refractivity contribution in [3.63, 3.8) is 0 Å². The van der Waals surface area contributed by atoms with E-state index in [2.05, 4.69) is 10.3 Å². The average Bonchev–Trinajstić information content (AvgIpc) is 3.05. The maximum absolute atomic E-state index is 12.4. The first kappa shape index (κ1) is 15.7. The molecule has 0 bridgehead atoms. The molecule has 0 saturated carbocycles. The maximum Gasteiger partial charge on any atom is 0.261 e. The Kier molecular flexibility index (Phi) is 4.19. The van der Waals surface area contributed by atoms with E-state index >= 15 is 0 Å². The van der Waals surface area contributed by atoms with Crippen molar-refractivity contribution in [3.8, 4) is 0 Å². The molecule has 2 heterocycles. The Morgan fingerprint density at radius 2 is 2.17 bits per heavy atom. The minimum atomic E-state index is -0.411. The highest BCUT2D eigenvalue weighted by atomic mass is 35.5. The van der Waals surface area contributed by atoms with Crippen LogP contribution in [-0.4, -0.2) is 15.5 Å². The molecular weight excluding hydrogens is 334 g/mol. The summed E-state index contributed by atoms with van der Waals surface area (Å²) in [6.45, 7) is 1.80. The lowest BCUT2D eigenvalue weighted by atomic mass is 10.2. The summed E-state index contributed by atoms with van der Waals surface area (Å²) in [6.07, 6.45) is 0. The number of benzene rings is 1. The summed E-state index contributed by atoms with van der Waals surface area (Å²) >= 11 is 7.34. The third kappa shape index (κ3) is 3.00. The first-order chi connectivity index (χ1) is 11.0. The van der Waals surface area contributed by atoms with Crippen LogP contribution in [0.2, 0.25) is 5.02 Å². The Balaban J connectivity index is 2.00. The number of halogens is 1. The van der Waals surface area contributed by atoms with Crippen molar-refractivity contribution in [2.24, 2.45) is 7.05 Å². The number of hydrogen-bond donors (Lipinski definition) is 1. The van der Waals surface area contributed by atoms with Crippen molar-refractivity contribution >= 4 is 39.7 Å². The molecule has 3 rings (SSSR count). The molecular formula is C16H14ClN3O2S. The van der Waals surface area contributed by atoms with E-state index in [1.807, 2.05) is 11.4 Å². The van der Waals surface area contributed by atoms with Crippen LogP contribution in [-0.2, 0) is 7.05 Å². The van der Waals surface area contributed by atoms with Gasteiger partial charge in [0.1, 0.15) is 5.82 Å². The first-order valence-electron chi connectivity index (χ1n) is 6.98. The first-order valence-corrected chi connectivity index (χ1v) is 8.23. The minimum absolute atomic E-state index is 0.168. The molecule has 2 aromatic heterocycles. The van der Waals surface area contributed by atoms with E-state index in [0.717, 1.165) is 0 Å². The second-order valence-electron chi connectivity index (χ2n) is 5.17. The van der Waals surface area contributed by atoms with Crippen molar-refractivity contribution in [3.05, 3.63) is 61.8 Å². The van der Waals surface area contributed by atoms with Crippen LogP contribution in [0, 0.1) is 0 Å². The standard InChI is InChI=1S/C16H14ClN3O2S/c1-9(18-15(21)13-4-3-7-23-13)14-19-12-8-10(17)5-6-11(12)16(22)20(14)2/h3-9H,1-2H3,(H,18,21)/t9-/m0/s1. The van der Waals surface area contributed by atoms with Gasteiger partial charge >= 0.3 is 0 Å². The zero-order valence-electron chi connectivity index (χ0n) is 12.5. The molecule has 7 heteroatoms. The molecule has 5 nitrogen and oxygen atoms in total. The van der Waals surface area contributed by atoms with Gasteiger partial charge in [0, 0.05) is 12.1 Å². The molecule has 23 heavy (non-hydrogen) atoms. The molecule has 1 atom stereocenters. The van der Waals surface area contributed by atoms with Gasteiger partial charge in [0.15, 0.2) is 0 Å². The van der Waals surface area contributed by atoms with Crippen molar-refractivity contribution in [2.75, 3.05) is 0 Å². The molecule has 0 aliphatic carbocycles. The highest BCUT2D eigenvalue weighted by Crippen LogP contribution is 2.18. The van der Waals surface area contributed by atoms with Crippen LogP contribution in [0.4, 0.5) is 0 Å². The molecule has 1 N–H and O–H groups in total. The van der Waals surface area contributed by atoms with E-state index in [0.29, 0.717) is 26.6 Å². The Morgan fingerprint density at radius 1 is 1.39 bits per heavy atom. The van der Waals surface area contributed by atoms with Crippen LogP contribution in [0.3, 0.4) is 0 Å². The number of carbonyl (C=O) groups is 1. The molecule has 1 amide bonds. The van der Waals surface area contributed by atoms with Crippen LogP contribution < -0.4 is 10.9 Å². The summed E-state index contributed by atoms with van der Waals surface area (Å²) in [4.78, 5) is 29.7. The van der Waals surface area contributed by atoms with Crippen molar-refractivity contribution in [2.45, 2.75) is 13.0 Å². The number of nitrogens with zero attached hydrogens (tertiary/aromatic N) is 2. The summed E-state index contributed by atoms with van der Waals surface area (Å²) in [7, 11) is 1.65. The number of amides is 1. The molecule has 0 unspecified atom stereocenters. The fraction of sp³-hybridized carbons (Fsp3) is 0.188. The summed E-state index contributed by atoms with van der Waals surface area (Å²) in [5.74, 6) is 0.294. The topological polar surface area (TPSA) is 64.0 Å². The molecule has 118 valence electrons. The van der Waals surface area contributed by atoms with E-state index in [-0.39, 0.29) is 11.5 Å². The number of aromatic nitrogens is 2. The van der Waals surface area contributed by atoms with Gasteiger partial charge in [-0.3, -0.25) is 14.2 Å². The quantitative estimate of drug-likeness (QED) is 0.791. The van der Waals surface area contributed by atoms with Gasteiger partial charge in [-0.1, -0.05) is 17.7 Å². The maximum atomic E-state index is 12.4. The van der Waals surface area contributed by atoms with Crippen LogP contribution in [0.15, 0.2) is 40.5 Å². The molecule has 0 saturated heterocycles. The van der Waals surface area contributed by atoms with Crippen LogP contribution in [0.1, 0.15) is 28.5 Å². The van der Waals surface area contributed by atoms with Crippen LogP contribution in [0.25, 0.3) is 10.9 Å².